The highest BCUT2D eigenvalue weighted by atomic mass is 32.2. The van der Waals surface area contributed by atoms with Gasteiger partial charge >= 0.3 is 0 Å². The van der Waals surface area contributed by atoms with Crippen LogP contribution in [-0.2, 0) is 0 Å². The molecule has 0 aliphatic carbocycles. The van der Waals surface area contributed by atoms with Crippen molar-refractivity contribution < 1.29 is 9.34 Å². The lowest BCUT2D eigenvalue weighted by Gasteiger charge is -2.10. The van der Waals surface area contributed by atoms with Gasteiger partial charge in [-0.2, -0.15) is 0 Å². The van der Waals surface area contributed by atoms with Crippen molar-refractivity contribution in [3.05, 3.63) is 70.5 Å². The Hall–Kier alpha value is -2.93. The van der Waals surface area contributed by atoms with Crippen LogP contribution >= 0.6 is 11.8 Å². The number of fused-ring (bicyclic) bond motifs is 3. The standard InChI is InChI=1S/C18H13N3O3S/c1-11(12-5-4-6-13(9-12)21(22)23)25-18-17-16(19-10-20-18)14-7-2-3-8-15(14)24-17/h2-11H,1H3/t11-/m1/s1. The number of rotatable bonds is 4. The lowest BCUT2D eigenvalue weighted by atomic mass is 10.1. The molecule has 0 fully saturated rings. The quantitative estimate of drug-likeness (QED) is 0.219. The van der Waals surface area contributed by atoms with Crippen LogP contribution in [0.15, 0.2) is 64.3 Å². The molecular formula is C18H13N3O3S. The summed E-state index contributed by atoms with van der Waals surface area (Å²) in [6, 6.07) is 14.4. The van der Waals surface area contributed by atoms with Crippen LogP contribution in [0.5, 0.6) is 0 Å². The fourth-order valence-corrected chi connectivity index (χ4v) is 3.68. The summed E-state index contributed by atoms with van der Waals surface area (Å²) in [5.41, 5.74) is 3.14. The highest BCUT2D eigenvalue weighted by Gasteiger charge is 2.18. The number of furan rings is 1. The molecule has 7 heteroatoms. The van der Waals surface area contributed by atoms with Crippen LogP contribution in [0, 0.1) is 10.1 Å². The molecule has 1 atom stereocenters. The van der Waals surface area contributed by atoms with E-state index in [1.807, 2.05) is 37.3 Å². The zero-order valence-electron chi connectivity index (χ0n) is 13.2. The summed E-state index contributed by atoms with van der Waals surface area (Å²) in [6.07, 6.45) is 1.52. The Balaban J connectivity index is 1.73. The first-order chi connectivity index (χ1) is 12.1. The number of non-ortho nitro benzene ring substituents is 1. The second kappa shape index (κ2) is 6.18. The van der Waals surface area contributed by atoms with E-state index < -0.39 is 0 Å². The maximum atomic E-state index is 11.0. The van der Waals surface area contributed by atoms with Crippen molar-refractivity contribution in [3.63, 3.8) is 0 Å². The zero-order chi connectivity index (χ0) is 17.4. The molecule has 0 bridgehead atoms. The maximum absolute atomic E-state index is 11.0. The smallest absolute Gasteiger partial charge is 0.269 e. The molecule has 2 aromatic heterocycles. The molecule has 2 heterocycles. The van der Waals surface area contributed by atoms with E-state index in [4.69, 9.17) is 4.42 Å². The predicted octanol–water partition coefficient (Wildman–Crippen LogP) is 5.14. The Bertz CT molecular complexity index is 1090. The van der Waals surface area contributed by atoms with Gasteiger partial charge < -0.3 is 4.42 Å². The summed E-state index contributed by atoms with van der Waals surface area (Å²) in [5, 5.41) is 12.6. The molecular weight excluding hydrogens is 338 g/mol. The molecule has 0 saturated carbocycles. The largest absolute Gasteiger partial charge is 0.451 e. The number of para-hydroxylation sites is 1. The topological polar surface area (TPSA) is 82.1 Å². The van der Waals surface area contributed by atoms with Crippen molar-refractivity contribution >= 4 is 39.5 Å². The third-order valence-corrected chi connectivity index (χ3v) is 5.10. The van der Waals surface area contributed by atoms with E-state index in [0.717, 1.165) is 27.1 Å². The monoisotopic (exact) mass is 351 g/mol. The Kier molecular flexibility index (Phi) is 3.85. The summed E-state index contributed by atoms with van der Waals surface area (Å²) in [4.78, 5) is 19.3. The Morgan fingerprint density at radius 3 is 2.84 bits per heavy atom. The summed E-state index contributed by atoms with van der Waals surface area (Å²) in [6.45, 7) is 1.99. The van der Waals surface area contributed by atoms with E-state index in [1.54, 1.807) is 12.1 Å². The number of nitro benzene ring substituents is 1. The van der Waals surface area contributed by atoms with Gasteiger partial charge in [-0.15, -0.1) is 0 Å². The predicted molar refractivity (Wildman–Crippen MR) is 96.7 cm³/mol. The van der Waals surface area contributed by atoms with Gasteiger partial charge in [0.1, 0.15) is 22.5 Å². The Morgan fingerprint density at radius 2 is 2.00 bits per heavy atom. The molecule has 4 rings (SSSR count). The van der Waals surface area contributed by atoms with Gasteiger partial charge in [-0.05, 0) is 24.6 Å². The van der Waals surface area contributed by atoms with E-state index in [0.29, 0.717) is 5.58 Å². The van der Waals surface area contributed by atoms with E-state index in [1.165, 1.54) is 24.2 Å². The van der Waals surface area contributed by atoms with E-state index >= 15 is 0 Å². The van der Waals surface area contributed by atoms with Gasteiger partial charge in [-0.1, -0.05) is 36.0 Å². The third kappa shape index (κ3) is 2.83. The minimum atomic E-state index is -0.386. The molecule has 2 aromatic carbocycles. The first-order valence-corrected chi connectivity index (χ1v) is 8.54. The fraction of sp³-hybridized carbons (Fsp3) is 0.111. The molecule has 0 unspecified atom stereocenters. The average Bonchev–Trinajstić information content (AvgIpc) is 3.01. The van der Waals surface area contributed by atoms with Gasteiger partial charge in [0.2, 0.25) is 0 Å². The van der Waals surface area contributed by atoms with Gasteiger partial charge in [0, 0.05) is 22.8 Å². The van der Waals surface area contributed by atoms with Gasteiger partial charge in [-0.25, -0.2) is 9.97 Å². The molecule has 0 saturated heterocycles. The SMILES string of the molecule is C[C@@H](Sc1ncnc2c1oc1ccccc12)c1cccc([N+](=O)[O-])c1. The van der Waals surface area contributed by atoms with Crippen molar-refractivity contribution in [1.29, 1.82) is 0 Å². The highest BCUT2D eigenvalue weighted by molar-refractivity contribution is 7.99. The summed E-state index contributed by atoms with van der Waals surface area (Å²) in [5.74, 6) is 0. The van der Waals surface area contributed by atoms with Crippen molar-refractivity contribution in [2.45, 2.75) is 17.2 Å². The van der Waals surface area contributed by atoms with Crippen LogP contribution < -0.4 is 0 Å². The van der Waals surface area contributed by atoms with E-state index in [-0.39, 0.29) is 15.9 Å². The molecule has 0 amide bonds. The molecule has 0 N–H and O–H groups in total. The molecule has 4 aromatic rings. The average molecular weight is 351 g/mol. The summed E-state index contributed by atoms with van der Waals surface area (Å²) >= 11 is 1.49. The number of benzene rings is 2. The molecule has 0 aliphatic heterocycles. The lowest BCUT2D eigenvalue weighted by molar-refractivity contribution is -0.384. The second-order valence-electron chi connectivity index (χ2n) is 5.57. The van der Waals surface area contributed by atoms with Gasteiger partial charge in [-0.3, -0.25) is 10.1 Å². The molecule has 6 nitrogen and oxygen atoms in total. The highest BCUT2D eigenvalue weighted by Crippen LogP contribution is 2.39. The van der Waals surface area contributed by atoms with Crippen molar-refractivity contribution in [2.75, 3.05) is 0 Å². The zero-order valence-corrected chi connectivity index (χ0v) is 14.1. The van der Waals surface area contributed by atoms with Crippen LogP contribution in [0.3, 0.4) is 0 Å². The van der Waals surface area contributed by atoms with Crippen LogP contribution in [0.25, 0.3) is 22.1 Å². The van der Waals surface area contributed by atoms with Crippen LogP contribution in [0.1, 0.15) is 17.7 Å². The normalized spacial score (nSPS) is 12.5. The van der Waals surface area contributed by atoms with E-state index in [9.17, 15) is 10.1 Å². The number of nitrogens with zero attached hydrogens (tertiary/aromatic N) is 3. The minimum Gasteiger partial charge on any atom is -0.451 e. The van der Waals surface area contributed by atoms with Gasteiger partial charge in [0.15, 0.2) is 5.58 Å². The number of aromatic nitrogens is 2. The molecule has 0 spiro atoms. The summed E-state index contributed by atoms with van der Waals surface area (Å²) < 4.78 is 5.93. The van der Waals surface area contributed by atoms with Crippen LogP contribution in [0.4, 0.5) is 5.69 Å². The first kappa shape index (κ1) is 15.6. The van der Waals surface area contributed by atoms with Gasteiger partial charge in [0.25, 0.3) is 5.69 Å². The van der Waals surface area contributed by atoms with Gasteiger partial charge in [0.05, 0.1) is 4.92 Å². The lowest BCUT2D eigenvalue weighted by Crippen LogP contribution is -1.94. The molecule has 0 radical (unpaired) electrons. The first-order valence-electron chi connectivity index (χ1n) is 7.67. The minimum absolute atomic E-state index is 0.0220. The third-order valence-electron chi connectivity index (χ3n) is 3.96. The Labute approximate surface area is 147 Å². The summed E-state index contributed by atoms with van der Waals surface area (Å²) in [7, 11) is 0. The van der Waals surface area contributed by atoms with Crippen LogP contribution in [0.2, 0.25) is 0 Å². The van der Waals surface area contributed by atoms with E-state index in [2.05, 4.69) is 9.97 Å². The molecule has 25 heavy (non-hydrogen) atoms. The molecule has 0 aliphatic rings. The fourth-order valence-electron chi connectivity index (χ4n) is 2.71. The Morgan fingerprint density at radius 1 is 1.16 bits per heavy atom. The number of hydrogen-bond acceptors (Lipinski definition) is 6. The van der Waals surface area contributed by atoms with Crippen molar-refractivity contribution in [1.82, 2.24) is 9.97 Å². The van der Waals surface area contributed by atoms with Crippen LogP contribution in [-0.4, -0.2) is 14.9 Å². The number of hydrogen-bond donors (Lipinski definition) is 0. The maximum Gasteiger partial charge on any atom is 0.269 e. The molecule has 124 valence electrons. The van der Waals surface area contributed by atoms with Crippen molar-refractivity contribution in [2.24, 2.45) is 0 Å². The van der Waals surface area contributed by atoms with Crippen molar-refractivity contribution in [3.8, 4) is 0 Å². The number of nitro groups is 1. The number of thioether (sulfide) groups is 1. The second-order valence-corrected chi connectivity index (χ2v) is 6.90.